The minimum Gasteiger partial charge on any atom is -0.237 e. The Morgan fingerprint density at radius 2 is 1.94 bits per heavy atom. The number of hydrogen-bond acceptors (Lipinski definition) is 0. The van der Waals surface area contributed by atoms with E-state index >= 15 is 0 Å². The molecule has 0 saturated carbocycles. The van der Waals surface area contributed by atoms with Gasteiger partial charge in [-0.3, -0.25) is 0 Å². The molecule has 1 aliphatic rings. The summed E-state index contributed by atoms with van der Waals surface area (Å²) in [5.74, 6) is 0. The first kappa shape index (κ1) is 11.2. The summed E-state index contributed by atoms with van der Waals surface area (Å²) in [6.07, 6.45) is 20.5. The SMILES string of the molecule is CCCCCC[n+]1ccn(C2C=CC=C2)c1. The quantitative estimate of drug-likeness (QED) is 0.511. The molecule has 1 aliphatic carbocycles. The Bertz CT molecular complexity index is 362. The highest BCUT2D eigenvalue weighted by Crippen LogP contribution is 2.14. The third-order valence-corrected chi connectivity index (χ3v) is 3.05. The van der Waals surface area contributed by atoms with Crippen LogP contribution in [0.3, 0.4) is 0 Å². The fraction of sp³-hybridized carbons (Fsp3) is 0.500. The van der Waals surface area contributed by atoms with Gasteiger partial charge in [-0.1, -0.05) is 31.9 Å². The number of hydrogen-bond donors (Lipinski definition) is 0. The van der Waals surface area contributed by atoms with Crippen molar-refractivity contribution in [2.75, 3.05) is 0 Å². The molecule has 0 aromatic carbocycles. The van der Waals surface area contributed by atoms with Gasteiger partial charge in [-0.2, -0.15) is 0 Å². The summed E-state index contributed by atoms with van der Waals surface area (Å²) in [5, 5.41) is 0. The standard InChI is InChI=1S/C14H21N2/c1-2-3-4-7-10-15-11-12-16(13-15)14-8-5-6-9-14/h5-6,8-9,11-14H,2-4,7,10H2,1H3/q+1. The van der Waals surface area contributed by atoms with Gasteiger partial charge in [-0.05, 0) is 25.0 Å². The molecular formula is C14H21N2+. The van der Waals surface area contributed by atoms with Gasteiger partial charge in [0.2, 0.25) is 6.33 Å². The molecule has 0 bridgehead atoms. The maximum atomic E-state index is 2.29. The second-order valence-corrected chi connectivity index (χ2v) is 4.42. The molecule has 2 rings (SSSR count). The summed E-state index contributed by atoms with van der Waals surface area (Å²) in [6, 6.07) is 0.428. The predicted molar refractivity (Wildman–Crippen MR) is 66.1 cm³/mol. The molecule has 0 fully saturated rings. The summed E-state index contributed by atoms with van der Waals surface area (Å²) in [5.41, 5.74) is 0. The number of unbranched alkanes of at least 4 members (excludes halogenated alkanes) is 3. The molecular weight excluding hydrogens is 196 g/mol. The summed E-state index contributed by atoms with van der Waals surface area (Å²) in [4.78, 5) is 0. The lowest BCUT2D eigenvalue weighted by molar-refractivity contribution is -0.696. The van der Waals surface area contributed by atoms with E-state index in [2.05, 4.69) is 59.1 Å². The van der Waals surface area contributed by atoms with Crippen LogP contribution in [0.25, 0.3) is 0 Å². The van der Waals surface area contributed by atoms with Crippen LogP contribution >= 0.6 is 0 Å². The van der Waals surface area contributed by atoms with Gasteiger partial charge in [0.25, 0.3) is 0 Å². The van der Waals surface area contributed by atoms with Crippen molar-refractivity contribution in [3.63, 3.8) is 0 Å². The van der Waals surface area contributed by atoms with Crippen LogP contribution < -0.4 is 4.57 Å². The highest BCUT2D eigenvalue weighted by Gasteiger charge is 2.12. The van der Waals surface area contributed by atoms with Crippen molar-refractivity contribution in [3.8, 4) is 0 Å². The van der Waals surface area contributed by atoms with Crippen LogP contribution in [0.15, 0.2) is 43.0 Å². The Labute approximate surface area is 97.9 Å². The molecule has 0 radical (unpaired) electrons. The summed E-state index contributed by atoms with van der Waals surface area (Å²) >= 11 is 0. The van der Waals surface area contributed by atoms with Gasteiger partial charge in [-0.15, -0.1) is 0 Å². The largest absolute Gasteiger partial charge is 0.244 e. The maximum absolute atomic E-state index is 2.29. The smallest absolute Gasteiger partial charge is 0.237 e. The average Bonchev–Trinajstić information content (AvgIpc) is 2.94. The maximum Gasteiger partial charge on any atom is 0.244 e. The molecule has 0 N–H and O–H groups in total. The molecule has 2 heteroatoms. The first-order valence-electron chi connectivity index (χ1n) is 6.31. The normalized spacial score (nSPS) is 15.1. The zero-order chi connectivity index (χ0) is 11.2. The van der Waals surface area contributed by atoms with Crippen molar-refractivity contribution >= 4 is 0 Å². The fourth-order valence-electron chi connectivity index (χ4n) is 2.06. The van der Waals surface area contributed by atoms with E-state index < -0.39 is 0 Å². The Morgan fingerprint density at radius 3 is 2.69 bits per heavy atom. The highest BCUT2D eigenvalue weighted by molar-refractivity contribution is 5.19. The molecule has 0 unspecified atom stereocenters. The minimum atomic E-state index is 0.428. The van der Waals surface area contributed by atoms with Gasteiger partial charge < -0.3 is 0 Å². The fourth-order valence-corrected chi connectivity index (χ4v) is 2.06. The van der Waals surface area contributed by atoms with Crippen molar-refractivity contribution in [1.82, 2.24) is 4.57 Å². The molecule has 2 nitrogen and oxygen atoms in total. The molecule has 0 saturated heterocycles. The molecule has 86 valence electrons. The van der Waals surface area contributed by atoms with Gasteiger partial charge in [0, 0.05) is 0 Å². The third-order valence-electron chi connectivity index (χ3n) is 3.05. The van der Waals surface area contributed by atoms with E-state index in [1.54, 1.807) is 0 Å². The predicted octanol–water partition coefficient (Wildman–Crippen LogP) is 3.02. The lowest BCUT2D eigenvalue weighted by Gasteiger charge is -1.99. The van der Waals surface area contributed by atoms with Gasteiger partial charge in [0.1, 0.15) is 18.4 Å². The van der Waals surface area contributed by atoms with Gasteiger partial charge in [0.15, 0.2) is 0 Å². The Kier molecular flexibility index (Phi) is 3.97. The third kappa shape index (κ3) is 2.84. The molecule has 0 aliphatic heterocycles. The van der Waals surface area contributed by atoms with Crippen LogP contribution in [0.4, 0.5) is 0 Å². The average molecular weight is 217 g/mol. The first-order valence-corrected chi connectivity index (χ1v) is 6.31. The zero-order valence-electron chi connectivity index (χ0n) is 10.0. The lowest BCUT2D eigenvalue weighted by atomic mass is 10.2. The summed E-state index contributed by atoms with van der Waals surface area (Å²) < 4.78 is 4.54. The second kappa shape index (κ2) is 5.69. The Hall–Kier alpha value is -1.31. The van der Waals surface area contributed by atoms with Crippen LogP contribution in [0.5, 0.6) is 0 Å². The van der Waals surface area contributed by atoms with Crippen LogP contribution in [-0.4, -0.2) is 4.57 Å². The first-order chi connectivity index (χ1) is 7.90. The summed E-state index contributed by atoms with van der Waals surface area (Å²) in [6.45, 7) is 3.40. The zero-order valence-corrected chi connectivity index (χ0v) is 10.0. The molecule has 0 spiro atoms. The number of allylic oxidation sites excluding steroid dienone is 4. The number of imidazole rings is 1. The lowest BCUT2D eigenvalue weighted by Crippen LogP contribution is -2.31. The van der Waals surface area contributed by atoms with E-state index in [4.69, 9.17) is 0 Å². The van der Waals surface area contributed by atoms with E-state index in [0.717, 1.165) is 6.54 Å². The van der Waals surface area contributed by atoms with E-state index in [-0.39, 0.29) is 0 Å². The van der Waals surface area contributed by atoms with Crippen LogP contribution in [-0.2, 0) is 6.54 Å². The molecule has 0 amide bonds. The second-order valence-electron chi connectivity index (χ2n) is 4.42. The highest BCUT2D eigenvalue weighted by atomic mass is 15.1. The molecule has 16 heavy (non-hydrogen) atoms. The monoisotopic (exact) mass is 217 g/mol. The van der Waals surface area contributed by atoms with Gasteiger partial charge in [-0.25, -0.2) is 9.13 Å². The van der Waals surface area contributed by atoms with Crippen molar-refractivity contribution in [3.05, 3.63) is 43.0 Å². The van der Waals surface area contributed by atoms with Crippen molar-refractivity contribution in [2.24, 2.45) is 0 Å². The minimum absolute atomic E-state index is 0.428. The van der Waals surface area contributed by atoms with E-state index in [1.807, 2.05) is 0 Å². The van der Waals surface area contributed by atoms with E-state index in [0.29, 0.717) is 6.04 Å². The molecule has 1 aromatic rings. The van der Waals surface area contributed by atoms with E-state index in [9.17, 15) is 0 Å². The van der Waals surface area contributed by atoms with Gasteiger partial charge >= 0.3 is 0 Å². The van der Waals surface area contributed by atoms with Crippen LogP contribution in [0, 0.1) is 0 Å². The van der Waals surface area contributed by atoms with E-state index in [1.165, 1.54) is 25.7 Å². The van der Waals surface area contributed by atoms with Crippen LogP contribution in [0.1, 0.15) is 38.6 Å². The number of nitrogens with zero attached hydrogens (tertiary/aromatic N) is 2. The molecule has 1 aromatic heterocycles. The molecule has 0 atom stereocenters. The number of aryl methyl sites for hydroxylation is 1. The van der Waals surface area contributed by atoms with Crippen LogP contribution in [0.2, 0.25) is 0 Å². The molecule has 1 heterocycles. The number of rotatable bonds is 6. The van der Waals surface area contributed by atoms with Crippen molar-refractivity contribution < 1.29 is 4.57 Å². The Morgan fingerprint density at radius 1 is 1.12 bits per heavy atom. The van der Waals surface area contributed by atoms with Crippen molar-refractivity contribution in [2.45, 2.75) is 45.2 Å². The number of aromatic nitrogens is 2. The topological polar surface area (TPSA) is 8.81 Å². The summed E-state index contributed by atoms with van der Waals surface area (Å²) in [7, 11) is 0. The Balaban J connectivity index is 1.82. The van der Waals surface area contributed by atoms with Gasteiger partial charge in [0.05, 0.1) is 6.54 Å². The van der Waals surface area contributed by atoms with Crippen molar-refractivity contribution in [1.29, 1.82) is 0 Å².